The molecule has 0 bridgehead atoms. The highest BCUT2D eigenvalue weighted by molar-refractivity contribution is 5.72. The van der Waals surface area contributed by atoms with E-state index in [0.29, 0.717) is 12.6 Å². The van der Waals surface area contributed by atoms with Crippen LogP contribution in [-0.4, -0.2) is 26.9 Å². The van der Waals surface area contributed by atoms with Crippen molar-refractivity contribution in [1.29, 1.82) is 0 Å². The predicted octanol–water partition coefficient (Wildman–Crippen LogP) is 1.42. The van der Waals surface area contributed by atoms with Gasteiger partial charge in [0.1, 0.15) is 6.04 Å². The van der Waals surface area contributed by atoms with Gasteiger partial charge in [-0.1, -0.05) is 6.92 Å². The van der Waals surface area contributed by atoms with E-state index in [1.54, 1.807) is 6.92 Å². The molecule has 0 aliphatic carbocycles. The zero-order chi connectivity index (χ0) is 12.1. The van der Waals surface area contributed by atoms with Gasteiger partial charge in [-0.25, -0.2) is 0 Å². The molecule has 5 nitrogen and oxygen atoms in total. The van der Waals surface area contributed by atoms with E-state index in [0.717, 1.165) is 12.1 Å². The van der Waals surface area contributed by atoms with Crippen molar-refractivity contribution in [1.82, 2.24) is 15.1 Å². The van der Waals surface area contributed by atoms with Crippen LogP contribution in [0.1, 0.15) is 38.9 Å². The predicted molar refractivity (Wildman–Crippen MR) is 61.2 cm³/mol. The van der Waals surface area contributed by atoms with Crippen molar-refractivity contribution in [3.63, 3.8) is 0 Å². The van der Waals surface area contributed by atoms with Gasteiger partial charge in [-0.05, 0) is 26.3 Å². The number of rotatable bonds is 6. The highest BCUT2D eigenvalue weighted by atomic mass is 16.4. The Labute approximate surface area is 95.5 Å². The SMILES string of the molecule is CCC(C)n1ccc(CN[C@H](C)C(=O)O)n1. The minimum atomic E-state index is -0.846. The molecule has 0 amide bonds. The van der Waals surface area contributed by atoms with Gasteiger partial charge in [0.25, 0.3) is 0 Å². The van der Waals surface area contributed by atoms with E-state index < -0.39 is 12.0 Å². The lowest BCUT2D eigenvalue weighted by molar-refractivity contribution is -0.139. The van der Waals surface area contributed by atoms with Crippen LogP contribution in [0, 0.1) is 0 Å². The zero-order valence-electron chi connectivity index (χ0n) is 9.97. The van der Waals surface area contributed by atoms with E-state index in [-0.39, 0.29) is 0 Å². The lowest BCUT2D eigenvalue weighted by Crippen LogP contribution is -2.33. The highest BCUT2D eigenvalue weighted by Crippen LogP contribution is 2.08. The third kappa shape index (κ3) is 3.34. The number of nitrogens with zero attached hydrogens (tertiary/aromatic N) is 2. The second kappa shape index (κ2) is 5.65. The molecule has 2 N–H and O–H groups in total. The molecule has 0 aliphatic rings. The summed E-state index contributed by atoms with van der Waals surface area (Å²) in [5.41, 5.74) is 0.869. The van der Waals surface area contributed by atoms with Crippen LogP contribution in [0.5, 0.6) is 0 Å². The standard InChI is InChI=1S/C11H19N3O2/c1-4-8(2)14-6-5-10(13-14)7-12-9(3)11(15)16/h5-6,8-9,12H,4,7H2,1-3H3,(H,15,16)/t8?,9-/m1/s1. The average Bonchev–Trinajstić information content (AvgIpc) is 2.73. The number of nitrogens with one attached hydrogen (secondary N) is 1. The van der Waals surface area contributed by atoms with Crippen molar-refractivity contribution in [2.45, 2.75) is 45.8 Å². The summed E-state index contributed by atoms with van der Waals surface area (Å²) in [6.45, 7) is 6.31. The van der Waals surface area contributed by atoms with Crippen molar-refractivity contribution < 1.29 is 9.90 Å². The van der Waals surface area contributed by atoms with Crippen molar-refractivity contribution in [2.75, 3.05) is 0 Å². The Kier molecular flexibility index (Phi) is 4.49. The zero-order valence-corrected chi connectivity index (χ0v) is 9.97. The number of carboxylic acid groups (broad SMARTS) is 1. The Balaban J connectivity index is 2.49. The summed E-state index contributed by atoms with van der Waals surface area (Å²) in [6, 6.07) is 1.74. The quantitative estimate of drug-likeness (QED) is 0.768. The minimum absolute atomic E-state index is 0.380. The molecule has 90 valence electrons. The van der Waals surface area contributed by atoms with Crippen LogP contribution in [0.2, 0.25) is 0 Å². The molecule has 5 heteroatoms. The van der Waals surface area contributed by atoms with E-state index in [4.69, 9.17) is 5.11 Å². The molecule has 0 fully saturated rings. The van der Waals surface area contributed by atoms with Crippen molar-refractivity contribution in [3.8, 4) is 0 Å². The average molecular weight is 225 g/mol. The lowest BCUT2D eigenvalue weighted by Gasteiger charge is -2.09. The molecule has 0 radical (unpaired) electrons. The molecule has 0 saturated carbocycles. The summed E-state index contributed by atoms with van der Waals surface area (Å²) in [6.07, 6.45) is 2.96. The Morgan fingerprint density at radius 2 is 2.31 bits per heavy atom. The maximum atomic E-state index is 10.6. The van der Waals surface area contributed by atoms with Crippen LogP contribution in [0.4, 0.5) is 0 Å². The summed E-state index contributed by atoms with van der Waals surface area (Å²) >= 11 is 0. The first kappa shape index (κ1) is 12.7. The fourth-order valence-electron chi connectivity index (χ4n) is 1.25. The van der Waals surface area contributed by atoms with Gasteiger partial charge in [-0.3, -0.25) is 14.8 Å². The molecule has 0 spiro atoms. The van der Waals surface area contributed by atoms with Crippen LogP contribution in [0.3, 0.4) is 0 Å². The number of aliphatic carboxylic acids is 1. The first-order chi connectivity index (χ1) is 7.54. The molecule has 1 unspecified atom stereocenters. The molecule has 1 heterocycles. The summed E-state index contributed by atoms with van der Waals surface area (Å²) < 4.78 is 1.91. The third-order valence-electron chi connectivity index (χ3n) is 2.67. The lowest BCUT2D eigenvalue weighted by atomic mass is 10.3. The van der Waals surface area contributed by atoms with Crippen LogP contribution >= 0.6 is 0 Å². The normalized spacial score (nSPS) is 14.7. The smallest absolute Gasteiger partial charge is 0.320 e. The molecule has 16 heavy (non-hydrogen) atoms. The van der Waals surface area contributed by atoms with E-state index in [9.17, 15) is 4.79 Å². The van der Waals surface area contributed by atoms with Crippen molar-refractivity contribution in [3.05, 3.63) is 18.0 Å². The first-order valence-corrected chi connectivity index (χ1v) is 5.54. The largest absolute Gasteiger partial charge is 0.480 e. The summed E-state index contributed by atoms with van der Waals surface area (Å²) in [4.78, 5) is 10.6. The summed E-state index contributed by atoms with van der Waals surface area (Å²) in [5, 5.41) is 16.0. The molecule has 0 aliphatic heterocycles. The topological polar surface area (TPSA) is 67.2 Å². The Morgan fingerprint density at radius 1 is 1.62 bits per heavy atom. The number of carbonyl (C=O) groups is 1. The highest BCUT2D eigenvalue weighted by Gasteiger charge is 2.10. The fraction of sp³-hybridized carbons (Fsp3) is 0.636. The van der Waals surface area contributed by atoms with E-state index in [1.165, 1.54) is 0 Å². The summed E-state index contributed by atoms with van der Waals surface area (Å²) in [5.74, 6) is -0.846. The van der Waals surface area contributed by atoms with Gasteiger partial charge < -0.3 is 5.11 Å². The van der Waals surface area contributed by atoms with Crippen molar-refractivity contribution in [2.24, 2.45) is 0 Å². The van der Waals surface area contributed by atoms with Gasteiger partial charge in [0.05, 0.1) is 5.69 Å². The van der Waals surface area contributed by atoms with Gasteiger partial charge >= 0.3 is 5.97 Å². The number of aromatic nitrogens is 2. The van der Waals surface area contributed by atoms with Gasteiger partial charge in [-0.15, -0.1) is 0 Å². The molecule has 0 saturated heterocycles. The van der Waals surface area contributed by atoms with Crippen LogP contribution in [0.25, 0.3) is 0 Å². The Hall–Kier alpha value is -1.36. The first-order valence-electron chi connectivity index (χ1n) is 5.54. The van der Waals surface area contributed by atoms with Crippen molar-refractivity contribution >= 4 is 5.97 Å². The number of hydrogen-bond acceptors (Lipinski definition) is 3. The van der Waals surface area contributed by atoms with Gasteiger partial charge in [-0.2, -0.15) is 5.10 Å². The maximum Gasteiger partial charge on any atom is 0.320 e. The van der Waals surface area contributed by atoms with Gasteiger partial charge in [0, 0.05) is 18.8 Å². The fourth-order valence-corrected chi connectivity index (χ4v) is 1.25. The molecule has 2 atom stereocenters. The van der Waals surface area contributed by atoms with Crippen LogP contribution < -0.4 is 5.32 Å². The summed E-state index contributed by atoms with van der Waals surface area (Å²) in [7, 11) is 0. The maximum absolute atomic E-state index is 10.6. The molecule has 0 aromatic carbocycles. The molecule has 1 rings (SSSR count). The second-order valence-corrected chi connectivity index (χ2v) is 3.99. The third-order valence-corrected chi connectivity index (χ3v) is 2.67. The molecular weight excluding hydrogens is 206 g/mol. The molecular formula is C11H19N3O2. The van der Waals surface area contributed by atoms with Crippen LogP contribution in [0.15, 0.2) is 12.3 Å². The van der Waals surface area contributed by atoms with E-state index in [2.05, 4.69) is 24.3 Å². The van der Waals surface area contributed by atoms with Gasteiger partial charge in [0.15, 0.2) is 0 Å². The monoisotopic (exact) mass is 225 g/mol. The van der Waals surface area contributed by atoms with E-state index in [1.807, 2.05) is 16.9 Å². The Morgan fingerprint density at radius 3 is 2.88 bits per heavy atom. The second-order valence-electron chi connectivity index (χ2n) is 3.99. The minimum Gasteiger partial charge on any atom is -0.480 e. The van der Waals surface area contributed by atoms with Gasteiger partial charge in [0.2, 0.25) is 0 Å². The number of hydrogen-bond donors (Lipinski definition) is 2. The number of carboxylic acids is 1. The molecule has 1 aromatic heterocycles. The molecule has 1 aromatic rings. The van der Waals surface area contributed by atoms with E-state index >= 15 is 0 Å². The van der Waals surface area contributed by atoms with Crippen LogP contribution in [-0.2, 0) is 11.3 Å². The Bertz CT molecular complexity index is 349.